The Kier molecular flexibility index (Phi) is 5.27. The van der Waals surface area contributed by atoms with Gasteiger partial charge in [-0.1, -0.05) is 56.4 Å². The summed E-state index contributed by atoms with van der Waals surface area (Å²) in [4.78, 5) is 15.0. The second-order valence-corrected chi connectivity index (χ2v) is 8.20. The summed E-state index contributed by atoms with van der Waals surface area (Å²) in [5.41, 5.74) is 6.73. The average Bonchev–Trinajstić information content (AvgIpc) is 2.60. The Morgan fingerprint density at radius 3 is 2.62 bits per heavy atom. The zero-order valence-corrected chi connectivity index (χ0v) is 14.2. The quantitative estimate of drug-likeness (QED) is 0.869. The van der Waals surface area contributed by atoms with Crippen LogP contribution in [-0.2, 0) is 4.79 Å². The number of carbonyl (C=O) groups excluding carboxylic acids is 1. The van der Waals surface area contributed by atoms with Crippen LogP contribution in [0, 0.1) is 0 Å². The van der Waals surface area contributed by atoms with Crippen molar-refractivity contribution >= 4 is 34.9 Å². The lowest BCUT2D eigenvalue weighted by molar-refractivity contribution is -0.131. The summed E-state index contributed by atoms with van der Waals surface area (Å²) in [6.45, 7) is 5.99. The Hall–Kier alpha value is -1.07. The molecule has 1 saturated heterocycles. The van der Waals surface area contributed by atoms with Crippen LogP contribution in [0.3, 0.4) is 0 Å². The number of carbonyl (C=O) groups is 1. The number of nitrogens with zero attached hydrogens (tertiary/aromatic N) is 1. The van der Waals surface area contributed by atoms with Crippen molar-refractivity contribution in [2.24, 2.45) is 5.73 Å². The molecule has 2 rings (SSSR count). The molecule has 1 amide bonds. The van der Waals surface area contributed by atoms with E-state index < -0.39 is 5.92 Å². The van der Waals surface area contributed by atoms with E-state index in [9.17, 15) is 4.79 Å². The highest BCUT2D eigenvalue weighted by Gasteiger charge is 2.31. The lowest BCUT2D eigenvalue weighted by atomic mass is 9.97. The zero-order valence-electron chi connectivity index (χ0n) is 12.5. The van der Waals surface area contributed by atoms with Crippen molar-refractivity contribution in [3.05, 3.63) is 35.9 Å². The van der Waals surface area contributed by atoms with Gasteiger partial charge in [0.25, 0.3) is 0 Å². The molecule has 3 nitrogen and oxygen atoms in total. The van der Waals surface area contributed by atoms with Crippen LogP contribution in [0.2, 0.25) is 0 Å². The van der Waals surface area contributed by atoms with Gasteiger partial charge in [0.15, 0.2) is 0 Å². The first-order valence-corrected chi connectivity index (χ1v) is 8.57. The third-order valence-electron chi connectivity index (χ3n) is 3.81. The van der Waals surface area contributed by atoms with Gasteiger partial charge in [-0.15, -0.1) is 0 Å². The second-order valence-electron chi connectivity index (χ2n) is 5.93. The highest BCUT2D eigenvalue weighted by Crippen LogP contribution is 2.31. The third kappa shape index (κ3) is 4.20. The SMILES string of the molecule is CC1(C)CCN(C(=O)C(C(N)=S)c2ccccc2)CCS1. The molecule has 5 heteroatoms. The monoisotopic (exact) mass is 322 g/mol. The topological polar surface area (TPSA) is 46.3 Å². The fourth-order valence-electron chi connectivity index (χ4n) is 2.50. The maximum absolute atomic E-state index is 12.9. The number of benzene rings is 1. The number of rotatable bonds is 3. The van der Waals surface area contributed by atoms with E-state index >= 15 is 0 Å². The first-order valence-electron chi connectivity index (χ1n) is 7.18. The molecule has 0 aliphatic carbocycles. The van der Waals surface area contributed by atoms with E-state index in [0.717, 1.165) is 30.8 Å². The second kappa shape index (κ2) is 6.79. The summed E-state index contributed by atoms with van der Waals surface area (Å²) < 4.78 is 0.223. The standard InChI is InChI=1S/C16H22N2OS2/c1-16(2)8-9-18(10-11-21-16)15(19)13(14(17)20)12-6-4-3-5-7-12/h3-7,13H,8-11H2,1-2H3,(H2,17,20). The minimum atomic E-state index is -0.507. The fourth-order valence-corrected chi connectivity index (χ4v) is 3.83. The Morgan fingerprint density at radius 1 is 1.33 bits per heavy atom. The Morgan fingerprint density at radius 2 is 2.00 bits per heavy atom. The van der Waals surface area contributed by atoms with Crippen LogP contribution < -0.4 is 5.73 Å². The first kappa shape index (κ1) is 16.3. The highest BCUT2D eigenvalue weighted by molar-refractivity contribution is 8.00. The van der Waals surface area contributed by atoms with Crippen molar-refractivity contribution in [1.82, 2.24) is 4.90 Å². The van der Waals surface area contributed by atoms with E-state index in [1.54, 1.807) is 0 Å². The first-order chi connectivity index (χ1) is 9.91. The highest BCUT2D eigenvalue weighted by atomic mass is 32.2. The van der Waals surface area contributed by atoms with Crippen LogP contribution in [0.1, 0.15) is 31.7 Å². The minimum Gasteiger partial charge on any atom is -0.392 e. The van der Waals surface area contributed by atoms with E-state index in [2.05, 4.69) is 13.8 Å². The fraction of sp³-hybridized carbons (Fsp3) is 0.500. The lowest BCUT2D eigenvalue weighted by Gasteiger charge is -2.26. The molecule has 1 unspecified atom stereocenters. The number of hydrogen-bond acceptors (Lipinski definition) is 3. The molecule has 0 spiro atoms. The maximum Gasteiger partial charge on any atom is 0.237 e. The smallest absolute Gasteiger partial charge is 0.237 e. The summed E-state index contributed by atoms with van der Waals surface area (Å²) in [6.07, 6.45) is 0.988. The number of thiocarbonyl (C=S) groups is 1. The largest absolute Gasteiger partial charge is 0.392 e. The van der Waals surface area contributed by atoms with Gasteiger partial charge in [-0.2, -0.15) is 11.8 Å². The third-order valence-corrected chi connectivity index (χ3v) is 5.42. The van der Waals surface area contributed by atoms with Gasteiger partial charge < -0.3 is 10.6 Å². The molecule has 1 aliphatic heterocycles. The van der Waals surface area contributed by atoms with Crippen LogP contribution in [0.5, 0.6) is 0 Å². The van der Waals surface area contributed by atoms with Crippen LogP contribution in [0.25, 0.3) is 0 Å². The summed E-state index contributed by atoms with van der Waals surface area (Å²) in [5.74, 6) is 0.483. The number of thioether (sulfide) groups is 1. The van der Waals surface area contributed by atoms with Crippen molar-refractivity contribution in [2.45, 2.75) is 30.9 Å². The Balaban J connectivity index is 2.18. The van der Waals surface area contributed by atoms with Gasteiger partial charge in [-0.25, -0.2) is 0 Å². The van der Waals surface area contributed by atoms with Gasteiger partial charge in [0.2, 0.25) is 5.91 Å². The number of nitrogens with two attached hydrogens (primary N) is 1. The molecule has 114 valence electrons. The van der Waals surface area contributed by atoms with Gasteiger partial charge in [0, 0.05) is 23.6 Å². The van der Waals surface area contributed by atoms with Crippen molar-refractivity contribution in [3.8, 4) is 0 Å². The molecule has 21 heavy (non-hydrogen) atoms. The molecule has 1 fully saturated rings. The zero-order chi connectivity index (χ0) is 15.5. The molecule has 0 radical (unpaired) electrons. The van der Waals surface area contributed by atoms with Crippen LogP contribution in [0.4, 0.5) is 0 Å². The van der Waals surface area contributed by atoms with Gasteiger partial charge in [0.05, 0.1) is 4.99 Å². The Labute approximate surface area is 136 Å². The normalized spacial score (nSPS) is 19.6. The van der Waals surface area contributed by atoms with Gasteiger partial charge in [-0.3, -0.25) is 4.79 Å². The van der Waals surface area contributed by atoms with Crippen LogP contribution in [-0.4, -0.2) is 39.4 Å². The van der Waals surface area contributed by atoms with Crippen LogP contribution in [0.15, 0.2) is 30.3 Å². The summed E-state index contributed by atoms with van der Waals surface area (Å²) >= 11 is 7.07. The summed E-state index contributed by atoms with van der Waals surface area (Å²) in [5, 5.41) is 0. The van der Waals surface area contributed by atoms with E-state index in [4.69, 9.17) is 18.0 Å². The van der Waals surface area contributed by atoms with E-state index in [-0.39, 0.29) is 15.6 Å². The van der Waals surface area contributed by atoms with Crippen molar-refractivity contribution in [2.75, 3.05) is 18.8 Å². The molecule has 1 heterocycles. The predicted octanol–water partition coefficient (Wildman–Crippen LogP) is 2.80. The molecule has 1 aromatic rings. The van der Waals surface area contributed by atoms with Gasteiger partial charge in [0.1, 0.15) is 5.92 Å². The van der Waals surface area contributed by atoms with Crippen LogP contribution >= 0.6 is 24.0 Å². The van der Waals surface area contributed by atoms with E-state index in [1.807, 2.05) is 47.0 Å². The maximum atomic E-state index is 12.9. The molecule has 1 aromatic carbocycles. The molecule has 2 N–H and O–H groups in total. The van der Waals surface area contributed by atoms with Gasteiger partial charge in [-0.05, 0) is 12.0 Å². The number of amides is 1. The van der Waals surface area contributed by atoms with Crippen molar-refractivity contribution in [3.63, 3.8) is 0 Å². The Bertz CT molecular complexity index is 516. The molecule has 1 atom stereocenters. The molecule has 0 bridgehead atoms. The molecule has 0 saturated carbocycles. The van der Waals surface area contributed by atoms with E-state index in [1.165, 1.54) is 0 Å². The molecular formula is C16H22N2OS2. The molecule has 0 aromatic heterocycles. The minimum absolute atomic E-state index is 0.0343. The average molecular weight is 322 g/mol. The van der Waals surface area contributed by atoms with Gasteiger partial charge >= 0.3 is 0 Å². The number of hydrogen-bond donors (Lipinski definition) is 1. The van der Waals surface area contributed by atoms with Crippen molar-refractivity contribution in [1.29, 1.82) is 0 Å². The predicted molar refractivity (Wildman–Crippen MR) is 93.7 cm³/mol. The molecular weight excluding hydrogens is 300 g/mol. The summed E-state index contributed by atoms with van der Waals surface area (Å²) in [6, 6.07) is 9.58. The van der Waals surface area contributed by atoms with E-state index in [0.29, 0.717) is 0 Å². The van der Waals surface area contributed by atoms with Crippen molar-refractivity contribution < 1.29 is 4.79 Å². The molecule has 1 aliphatic rings. The lowest BCUT2D eigenvalue weighted by Crippen LogP contribution is -2.41. The summed E-state index contributed by atoms with van der Waals surface area (Å²) in [7, 11) is 0.